The van der Waals surface area contributed by atoms with Crippen molar-refractivity contribution < 1.29 is 15.0 Å². The molecular formula is C17H34N2O3. The monoisotopic (exact) mass is 314 g/mol. The minimum absolute atomic E-state index is 0.00257. The first kappa shape index (κ1) is 19.4. The predicted molar refractivity (Wildman–Crippen MR) is 88.6 cm³/mol. The highest BCUT2D eigenvalue weighted by atomic mass is 16.3. The fourth-order valence-corrected chi connectivity index (χ4v) is 3.85. The molecule has 0 spiro atoms. The highest BCUT2D eigenvalue weighted by Gasteiger charge is 2.38. The van der Waals surface area contributed by atoms with Crippen molar-refractivity contribution in [2.75, 3.05) is 13.2 Å². The molecule has 4 N–H and O–H groups in total. The van der Waals surface area contributed by atoms with E-state index >= 15 is 0 Å². The van der Waals surface area contributed by atoms with Crippen molar-refractivity contribution in [1.82, 2.24) is 10.6 Å². The topological polar surface area (TPSA) is 81.6 Å². The smallest absolute Gasteiger partial charge is 0.220 e. The first-order valence-electron chi connectivity index (χ1n) is 8.34. The van der Waals surface area contributed by atoms with Crippen LogP contribution >= 0.6 is 0 Å². The Morgan fingerprint density at radius 3 is 2.32 bits per heavy atom. The molecule has 1 unspecified atom stereocenters. The van der Waals surface area contributed by atoms with Crippen molar-refractivity contribution in [2.24, 2.45) is 5.92 Å². The van der Waals surface area contributed by atoms with Gasteiger partial charge in [0.05, 0.1) is 5.60 Å². The number of carbonyl (C=O) groups excluding carboxylic acids is 1. The van der Waals surface area contributed by atoms with Gasteiger partial charge in [0, 0.05) is 30.7 Å². The number of nitrogens with one attached hydrogen (secondary N) is 2. The minimum Gasteiger partial charge on any atom is -0.396 e. The highest BCUT2D eigenvalue weighted by Crippen LogP contribution is 2.34. The number of carbonyl (C=O) groups is 1. The van der Waals surface area contributed by atoms with Crippen molar-refractivity contribution in [3.8, 4) is 0 Å². The third kappa shape index (κ3) is 7.07. The van der Waals surface area contributed by atoms with Gasteiger partial charge in [-0.05, 0) is 66.2 Å². The molecule has 0 saturated carbocycles. The van der Waals surface area contributed by atoms with Gasteiger partial charge in [-0.2, -0.15) is 0 Å². The quantitative estimate of drug-likeness (QED) is 0.575. The Hall–Kier alpha value is -0.650. The van der Waals surface area contributed by atoms with Crippen LogP contribution in [0.2, 0.25) is 0 Å². The Morgan fingerprint density at radius 1 is 1.27 bits per heavy atom. The first-order chi connectivity index (χ1) is 9.95. The number of piperidine rings is 1. The molecule has 1 rings (SSSR count). The van der Waals surface area contributed by atoms with E-state index in [4.69, 9.17) is 5.11 Å². The summed E-state index contributed by atoms with van der Waals surface area (Å²) in [6.45, 7) is 10.7. The van der Waals surface area contributed by atoms with Gasteiger partial charge in [0.1, 0.15) is 0 Å². The zero-order valence-electron chi connectivity index (χ0n) is 14.8. The normalized spacial score (nSPS) is 23.8. The van der Waals surface area contributed by atoms with Crippen LogP contribution in [0, 0.1) is 5.92 Å². The van der Waals surface area contributed by atoms with Gasteiger partial charge in [-0.15, -0.1) is 0 Å². The number of hydrogen-bond donors (Lipinski definition) is 4. The fraction of sp³-hybridized carbons (Fsp3) is 0.941. The molecular weight excluding hydrogens is 280 g/mol. The summed E-state index contributed by atoms with van der Waals surface area (Å²) < 4.78 is 0. The van der Waals surface area contributed by atoms with E-state index in [1.54, 1.807) is 6.92 Å². The molecule has 1 aliphatic heterocycles. The summed E-state index contributed by atoms with van der Waals surface area (Å²) in [7, 11) is 0. The Morgan fingerprint density at radius 2 is 1.82 bits per heavy atom. The molecule has 130 valence electrons. The second-order valence-corrected chi connectivity index (χ2v) is 8.47. The summed E-state index contributed by atoms with van der Waals surface area (Å²) in [5, 5.41) is 25.4. The molecule has 5 nitrogen and oxygen atoms in total. The van der Waals surface area contributed by atoms with Crippen LogP contribution in [0.3, 0.4) is 0 Å². The van der Waals surface area contributed by atoms with Crippen LogP contribution in [0.15, 0.2) is 0 Å². The molecule has 0 aromatic rings. The maximum Gasteiger partial charge on any atom is 0.220 e. The van der Waals surface area contributed by atoms with Gasteiger partial charge in [0.2, 0.25) is 5.91 Å². The van der Waals surface area contributed by atoms with Crippen LogP contribution < -0.4 is 10.6 Å². The van der Waals surface area contributed by atoms with Crippen LogP contribution in [-0.2, 0) is 4.79 Å². The predicted octanol–water partition coefficient (Wildman–Crippen LogP) is 1.57. The van der Waals surface area contributed by atoms with Crippen molar-refractivity contribution in [3.63, 3.8) is 0 Å². The molecule has 1 atom stereocenters. The molecule has 1 heterocycles. The Bertz CT molecular complexity index is 362. The fourth-order valence-electron chi connectivity index (χ4n) is 3.85. The second-order valence-electron chi connectivity index (χ2n) is 8.47. The molecule has 0 bridgehead atoms. The van der Waals surface area contributed by atoms with E-state index in [-0.39, 0.29) is 30.1 Å². The molecule has 0 aromatic carbocycles. The molecule has 22 heavy (non-hydrogen) atoms. The first-order valence-corrected chi connectivity index (χ1v) is 8.34. The third-order valence-electron chi connectivity index (χ3n) is 4.29. The molecule has 0 aliphatic carbocycles. The van der Waals surface area contributed by atoms with E-state index in [0.29, 0.717) is 25.2 Å². The Balaban J connectivity index is 2.44. The largest absolute Gasteiger partial charge is 0.396 e. The van der Waals surface area contributed by atoms with Gasteiger partial charge in [-0.3, -0.25) is 4.79 Å². The zero-order chi connectivity index (χ0) is 17.0. The van der Waals surface area contributed by atoms with E-state index in [1.165, 1.54) is 0 Å². The summed E-state index contributed by atoms with van der Waals surface area (Å²) in [4.78, 5) is 12.2. The number of amides is 1. The highest BCUT2D eigenvalue weighted by molar-refractivity contribution is 5.76. The molecule has 1 saturated heterocycles. The number of rotatable bonds is 7. The van der Waals surface area contributed by atoms with Crippen LogP contribution in [0.5, 0.6) is 0 Å². The number of hydrogen-bond acceptors (Lipinski definition) is 4. The lowest BCUT2D eigenvalue weighted by atomic mass is 9.74. The molecule has 1 fully saturated rings. The van der Waals surface area contributed by atoms with Crippen molar-refractivity contribution >= 4 is 5.91 Å². The SMILES string of the molecule is CC(O)(CCCO)CNC(=O)CC1CC(C)(C)NC(C)(C)C1. The van der Waals surface area contributed by atoms with Crippen LogP contribution in [0.4, 0.5) is 0 Å². The zero-order valence-corrected chi connectivity index (χ0v) is 14.8. The Kier molecular flexibility index (Phi) is 6.42. The molecule has 5 heteroatoms. The maximum atomic E-state index is 12.2. The summed E-state index contributed by atoms with van der Waals surface area (Å²) in [6.07, 6.45) is 3.48. The van der Waals surface area contributed by atoms with E-state index in [1.807, 2.05) is 0 Å². The second kappa shape index (κ2) is 7.28. The lowest BCUT2D eigenvalue weighted by molar-refractivity contribution is -0.123. The Labute approximate surface area is 134 Å². The summed E-state index contributed by atoms with van der Waals surface area (Å²) >= 11 is 0. The van der Waals surface area contributed by atoms with E-state index in [9.17, 15) is 9.90 Å². The van der Waals surface area contributed by atoms with Gasteiger partial charge < -0.3 is 20.8 Å². The van der Waals surface area contributed by atoms with Crippen molar-refractivity contribution in [2.45, 2.75) is 83.4 Å². The van der Waals surface area contributed by atoms with Gasteiger partial charge in [-0.1, -0.05) is 0 Å². The average Bonchev–Trinajstić information content (AvgIpc) is 2.30. The van der Waals surface area contributed by atoms with Gasteiger partial charge in [0.15, 0.2) is 0 Å². The minimum atomic E-state index is -0.953. The molecule has 1 amide bonds. The average molecular weight is 314 g/mol. The maximum absolute atomic E-state index is 12.2. The lowest BCUT2D eigenvalue weighted by Crippen LogP contribution is -2.58. The van der Waals surface area contributed by atoms with Crippen LogP contribution in [-0.4, -0.2) is 46.0 Å². The van der Waals surface area contributed by atoms with Crippen LogP contribution in [0.1, 0.15) is 66.7 Å². The van der Waals surface area contributed by atoms with Gasteiger partial charge in [0.25, 0.3) is 0 Å². The summed E-state index contributed by atoms with van der Waals surface area (Å²) in [5.74, 6) is 0.358. The van der Waals surface area contributed by atoms with Gasteiger partial charge in [-0.25, -0.2) is 0 Å². The summed E-state index contributed by atoms with van der Waals surface area (Å²) in [5.41, 5.74) is -0.871. The number of aliphatic hydroxyl groups is 2. The van der Waals surface area contributed by atoms with E-state index < -0.39 is 5.60 Å². The van der Waals surface area contributed by atoms with Gasteiger partial charge >= 0.3 is 0 Å². The van der Waals surface area contributed by atoms with Crippen molar-refractivity contribution in [3.05, 3.63) is 0 Å². The standard InChI is InChI=1S/C17H34N2O3/c1-15(2)10-13(11-16(3,4)19-15)9-14(21)18-12-17(5,22)7-6-8-20/h13,19-20,22H,6-12H2,1-5H3,(H,18,21). The molecule has 1 aliphatic rings. The number of aliphatic hydroxyl groups excluding tert-OH is 1. The van der Waals surface area contributed by atoms with Crippen molar-refractivity contribution in [1.29, 1.82) is 0 Å². The lowest BCUT2D eigenvalue weighted by Gasteiger charge is -2.46. The summed E-state index contributed by atoms with van der Waals surface area (Å²) in [6, 6.07) is 0. The van der Waals surface area contributed by atoms with E-state index in [2.05, 4.69) is 38.3 Å². The van der Waals surface area contributed by atoms with Crippen LogP contribution in [0.25, 0.3) is 0 Å². The van der Waals surface area contributed by atoms with E-state index in [0.717, 1.165) is 12.8 Å². The molecule has 0 aromatic heterocycles. The third-order valence-corrected chi connectivity index (χ3v) is 4.29. The molecule has 0 radical (unpaired) electrons.